The predicted octanol–water partition coefficient (Wildman–Crippen LogP) is 3.20. The summed E-state index contributed by atoms with van der Waals surface area (Å²) in [4.78, 5) is 0. The zero-order chi connectivity index (χ0) is 8.43. The van der Waals surface area contributed by atoms with Crippen molar-refractivity contribution in [2.24, 2.45) is 0 Å². The normalized spacial score (nSPS) is 9.82. The Morgan fingerprint density at radius 1 is 1.55 bits per heavy atom. The summed E-state index contributed by atoms with van der Waals surface area (Å²) >= 11 is 5.30. The van der Waals surface area contributed by atoms with E-state index < -0.39 is 0 Å². The van der Waals surface area contributed by atoms with E-state index in [1.807, 2.05) is 0 Å². The molecule has 1 aromatic carbocycles. The van der Waals surface area contributed by atoms with Crippen molar-refractivity contribution in [1.29, 1.82) is 0 Å². The van der Waals surface area contributed by atoms with Crippen LogP contribution < -0.4 is 4.74 Å². The van der Waals surface area contributed by atoms with Crippen LogP contribution in [0, 0.1) is 9.39 Å². The highest BCUT2D eigenvalue weighted by Gasteiger charge is 2.05. The van der Waals surface area contributed by atoms with Crippen molar-refractivity contribution in [3.05, 3.63) is 26.0 Å². The molecule has 1 nitrogen and oxygen atoms in total. The van der Waals surface area contributed by atoms with Gasteiger partial charge in [0, 0.05) is 8.04 Å². The zero-order valence-corrected chi connectivity index (χ0v) is 9.44. The molecule has 0 radical (unpaired) electrons. The molecule has 0 heterocycles. The maximum Gasteiger partial charge on any atom is 0.166 e. The number of hydrogen-bond donors (Lipinski definition) is 0. The first-order chi connectivity index (χ1) is 5.15. The molecule has 0 aliphatic carbocycles. The molecule has 0 aromatic heterocycles. The maximum atomic E-state index is 12.9. The van der Waals surface area contributed by atoms with Gasteiger partial charge in [-0.15, -0.1) is 0 Å². The predicted molar refractivity (Wildman–Crippen MR) is 53.4 cm³/mol. The van der Waals surface area contributed by atoms with Crippen LogP contribution in [-0.4, -0.2) is 7.11 Å². The van der Waals surface area contributed by atoms with Crippen molar-refractivity contribution >= 4 is 38.5 Å². The third kappa shape index (κ3) is 2.05. The van der Waals surface area contributed by atoms with Crippen LogP contribution in [0.3, 0.4) is 0 Å². The molecule has 0 atom stereocenters. The second-order valence-corrected chi connectivity index (χ2v) is 3.92. The highest BCUT2D eigenvalue weighted by molar-refractivity contribution is 14.1. The van der Waals surface area contributed by atoms with Crippen molar-refractivity contribution in [3.8, 4) is 5.75 Å². The van der Waals surface area contributed by atoms with E-state index in [4.69, 9.17) is 4.74 Å². The number of rotatable bonds is 1. The third-order valence-corrected chi connectivity index (χ3v) is 3.48. The standard InChI is InChI=1S/C7H5BrFIO/c1-11-7-3-6(10)4(8)2-5(7)9/h2-3H,1H3. The van der Waals surface area contributed by atoms with Crippen molar-refractivity contribution in [3.63, 3.8) is 0 Å². The van der Waals surface area contributed by atoms with Crippen LogP contribution in [0.25, 0.3) is 0 Å². The molecule has 0 saturated carbocycles. The molecule has 4 heteroatoms. The number of hydrogen-bond acceptors (Lipinski definition) is 1. The Morgan fingerprint density at radius 3 is 2.73 bits per heavy atom. The fraction of sp³-hybridized carbons (Fsp3) is 0.143. The van der Waals surface area contributed by atoms with E-state index in [1.54, 1.807) is 6.07 Å². The quantitative estimate of drug-likeness (QED) is 0.567. The third-order valence-electron chi connectivity index (χ3n) is 1.19. The molecule has 1 rings (SSSR count). The maximum absolute atomic E-state index is 12.9. The molecular weight excluding hydrogens is 326 g/mol. The number of benzene rings is 1. The summed E-state index contributed by atoms with van der Waals surface area (Å²) < 4.78 is 19.3. The minimum atomic E-state index is -0.347. The molecular formula is C7H5BrFIO. The second-order valence-electron chi connectivity index (χ2n) is 1.90. The van der Waals surface area contributed by atoms with Gasteiger partial charge in [0.05, 0.1) is 7.11 Å². The van der Waals surface area contributed by atoms with E-state index in [0.717, 1.165) is 8.04 Å². The van der Waals surface area contributed by atoms with Gasteiger partial charge in [-0.1, -0.05) is 0 Å². The Morgan fingerprint density at radius 2 is 2.18 bits per heavy atom. The summed E-state index contributed by atoms with van der Waals surface area (Å²) in [5, 5.41) is 0. The Bertz CT molecular complexity index is 277. The van der Waals surface area contributed by atoms with Crippen LogP contribution in [0.4, 0.5) is 4.39 Å². The molecule has 0 amide bonds. The van der Waals surface area contributed by atoms with Gasteiger partial charge < -0.3 is 4.74 Å². The first kappa shape index (κ1) is 9.25. The van der Waals surface area contributed by atoms with E-state index in [2.05, 4.69) is 38.5 Å². The molecule has 0 spiro atoms. The summed E-state index contributed by atoms with van der Waals surface area (Å²) in [7, 11) is 1.45. The van der Waals surface area contributed by atoms with Gasteiger partial charge in [-0.25, -0.2) is 4.39 Å². The molecule has 60 valence electrons. The zero-order valence-electron chi connectivity index (χ0n) is 5.70. The van der Waals surface area contributed by atoms with Crippen molar-refractivity contribution < 1.29 is 9.13 Å². The summed E-state index contributed by atoms with van der Waals surface area (Å²) in [6.45, 7) is 0. The summed E-state index contributed by atoms with van der Waals surface area (Å²) in [6, 6.07) is 3.03. The highest BCUT2D eigenvalue weighted by Crippen LogP contribution is 2.26. The Hall–Kier alpha value is 0.160. The highest BCUT2D eigenvalue weighted by atomic mass is 127. The summed E-state index contributed by atoms with van der Waals surface area (Å²) in [6.07, 6.45) is 0. The van der Waals surface area contributed by atoms with Crippen LogP contribution in [0.15, 0.2) is 16.6 Å². The molecule has 1 aromatic rings. The van der Waals surface area contributed by atoms with E-state index >= 15 is 0 Å². The lowest BCUT2D eigenvalue weighted by atomic mass is 10.3. The van der Waals surface area contributed by atoms with Gasteiger partial charge in [-0.05, 0) is 50.7 Å². The van der Waals surface area contributed by atoms with Gasteiger partial charge in [-0.2, -0.15) is 0 Å². The second kappa shape index (κ2) is 3.71. The summed E-state index contributed by atoms with van der Waals surface area (Å²) in [5.41, 5.74) is 0. The van der Waals surface area contributed by atoms with Crippen molar-refractivity contribution in [2.75, 3.05) is 7.11 Å². The largest absolute Gasteiger partial charge is 0.494 e. The molecule has 0 aliphatic rings. The number of halogens is 3. The van der Waals surface area contributed by atoms with Crippen LogP contribution in [0.1, 0.15) is 0 Å². The van der Waals surface area contributed by atoms with Crippen LogP contribution >= 0.6 is 38.5 Å². The Kier molecular flexibility index (Phi) is 3.12. The minimum absolute atomic E-state index is 0.276. The Labute approximate surface area is 86.2 Å². The lowest BCUT2D eigenvalue weighted by Gasteiger charge is -2.02. The average Bonchev–Trinajstić information content (AvgIpc) is 1.97. The monoisotopic (exact) mass is 330 g/mol. The smallest absolute Gasteiger partial charge is 0.166 e. The molecule has 0 saturated heterocycles. The molecule has 0 bridgehead atoms. The van der Waals surface area contributed by atoms with Crippen LogP contribution in [0.5, 0.6) is 5.75 Å². The van der Waals surface area contributed by atoms with Gasteiger partial charge in [0.15, 0.2) is 11.6 Å². The number of methoxy groups -OCH3 is 1. The van der Waals surface area contributed by atoms with E-state index in [9.17, 15) is 4.39 Å². The first-order valence-electron chi connectivity index (χ1n) is 2.83. The van der Waals surface area contributed by atoms with Gasteiger partial charge in [0.1, 0.15) is 0 Å². The molecule has 0 aliphatic heterocycles. The summed E-state index contributed by atoms with van der Waals surface area (Å²) in [5.74, 6) is -0.0719. The van der Waals surface area contributed by atoms with Gasteiger partial charge in [-0.3, -0.25) is 0 Å². The van der Waals surface area contributed by atoms with Crippen LogP contribution in [-0.2, 0) is 0 Å². The Balaban J connectivity index is 3.21. The van der Waals surface area contributed by atoms with Crippen molar-refractivity contribution in [2.45, 2.75) is 0 Å². The van der Waals surface area contributed by atoms with E-state index in [0.29, 0.717) is 0 Å². The topological polar surface area (TPSA) is 9.23 Å². The minimum Gasteiger partial charge on any atom is -0.494 e. The van der Waals surface area contributed by atoms with Gasteiger partial charge in [0.2, 0.25) is 0 Å². The number of ether oxygens (including phenoxy) is 1. The van der Waals surface area contributed by atoms with E-state index in [1.165, 1.54) is 13.2 Å². The van der Waals surface area contributed by atoms with Gasteiger partial charge in [0.25, 0.3) is 0 Å². The lowest BCUT2D eigenvalue weighted by Crippen LogP contribution is -1.89. The molecule has 0 fully saturated rings. The lowest BCUT2D eigenvalue weighted by molar-refractivity contribution is 0.386. The molecule has 11 heavy (non-hydrogen) atoms. The molecule has 0 unspecified atom stereocenters. The van der Waals surface area contributed by atoms with E-state index in [-0.39, 0.29) is 11.6 Å². The van der Waals surface area contributed by atoms with Crippen LogP contribution in [0.2, 0.25) is 0 Å². The molecule has 0 N–H and O–H groups in total. The fourth-order valence-corrected chi connectivity index (χ4v) is 1.41. The van der Waals surface area contributed by atoms with Gasteiger partial charge >= 0.3 is 0 Å². The average molecular weight is 331 g/mol. The SMILES string of the molecule is COc1cc(I)c(Br)cc1F. The fourth-order valence-electron chi connectivity index (χ4n) is 0.661. The van der Waals surface area contributed by atoms with Crippen molar-refractivity contribution in [1.82, 2.24) is 0 Å². The first-order valence-corrected chi connectivity index (χ1v) is 4.71.